The van der Waals surface area contributed by atoms with E-state index in [1.807, 2.05) is 0 Å². The van der Waals surface area contributed by atoms with E-state index in [1.54, 1.807) is 6.92 Å². The fourth-order valence-corrected chi connectivity index (χ4v) is 1.13. The van der Waals surface area contributed by atoms with E-state index >= 15 is 0 Å². The van der Waals surface area contributed by atoms with Crippen LogP contribution in [0.4, 0.5) is 0 Å². The van der Waals surface area contributed by atoms with E-state index in [0.29, 0.717) is 18.7 Å². The van der Waals surface area contributed by atoms with E-state index in [-0.39, 0.29) is 11.5 Å². The molecule has 3 nitrogen and oxygen atoms in total. The number of carbonyl (C=O) groups is 1. The van der Waals surface area contributed by atoms with Gasteiger partial charge in [0.1, 0.15) is 0 Å². The molecule has 0 bridgehead atoms. The van der Waals surface area contributed by atoms with Crippen LogP contribution < -0.4 is 5.32 Å². The third-order valence-corrected chi connectivity index (χ3v) is 2.85. The number of hydrogen-bond donors (Lipinski definition) is 1. The smallest absolute Gasteiger partial charge is 0.334 e. The summed E-state index contributed by atoms with van der Waals surface area (Å²) in [4.78, 5) is 11.3. The van der Waals surface area contributed by atoms with Crippen LogP contribution in [0.3, 0.4) is 0 Å². The average molecular weight is 213 g/mol. The van der Waals surface area contributed by atoms with Gasteiger partial charge in [-0.3, -0.25) is 0 Å². The summed E-state index contributed by atoms with van der Waals surface area (Å²) in [6.07, 6.45) is 2.05. The van der Waals surface area contributed by atoms with Gasteiger partial charge in [0.25, 0.3) is 0 Å². The van der Waals surface area contributed by atoms with Gasteiger partial charge < -0.3 is 10.1 Å². The molecule has 0 aliphatic rings. The van der Waals surface area contributed by atoms with Gasteiger partial charge in [-0.05, 0) is 26.7 Å². The molecule has 3 heteroatoms. The van der Waals surface area contributed by atoms with E-state index in [2.05, 4.69) is 32.7 Å². The van der Waals surface area contributed by atoms with Gasteiger partial charge in [-0.25, -0.2) is 4.79 Å². The molecule has 0 atom stereocenters. The monoisotopic (exact) mass is 213 g/mol. The van der Waals surface area contributed by atoms with Crippen molar-refractivity contribution in [2.45, 2.75) is 46.1 Å². The zero-order valence-corrected chi connectivity index (χ0v) is 10.4. The van der Waals surface area contributed by atoms with Crippen LogP contribution in [0.1, 0.15) is 40.5 Å². The number of nitrogens with one attached hydrogen (secondary N) is 1. The summed E-state index contributed by atoms with van der Waals surface area (Å²) in [6, 6.07) is 0. The van der Waals surface area contributed by atoms with Crippen LogP contribution >= 0.6 is 0 Å². The molecule has 0 aromatic carbocycles. The predicted molar refractivity (Wildman–Crippen MR) is 62.8 cm³/mol. The normalized spacial score (nSPS) is 11.2. The van der Waals surface area contributed by atoms with Crippen LogP contribution in [-0.4, -0.2) is 24.7 Å². The first-order valence-corrected chi connectivity index (χ1v) is 5.59. The van der Waals surface area contributed by atoms with Crippen molar-refractivity contribution in [3.05, 3.63) is 12.2 Å². The first kappa shape index (κ1) is 14.2. The molecule has 0 fully saturated rings. The highest BCUT2D eigenvalue weighted by Gasteiger charge is 2.19. The van der Waals surface area contributed by atoms with Gasteiger partial charge in [0.05, 0.1) is 6.61 Å². The zero-order valence-electron chi connectivity index (χ0n) is 10.4. The second-order valence-corrected chi connectivity index (χ2v) is 3.95. The second kappa shape index (κ2) is 6.62. The predicted octanol–water partition coefficient (Wildman–Crippen LogP) is 2.27. The Kier molecular flexibility index (Phi) is 6.25. The maximum atomic E-state index is 11.3. The lowest BCUT2D eigenvalue weighted by Gasteiger charge is -2.28. The Morgan fingerprint density at radius 2 is 1.87 bits per heavy atom. The van der Waals surface area contributed by atoms with Crippen LogP contribution in [0.25, 0.3) is 0 Å². The maximum absolute atomic E-state index is 11.3. The maximum Gasteiger partial charge on any atom is 0.334 e. The molecule has 0 aliphatic carbocycles. The van der Waals surface area contributed by atoms with E-state index in [0.717, 1.165) is 12.8 Å². The second-order valence-electron chi connectivity index (χ2n) is 3.95. The standard InChI is InChI=1S/C12H23NO2/c1-6-12(5,7-2)13-9-10(4)11(14)15-8-3/h13H,4,6-9H2,1-3,5H3. The molecule has 0 radical (unpaired) electrons. The van der Waals surface area contributed by atoms with Crippen molar-refractivity contribution in [2.24, 2.45) is 0 Å². The van der Waals surface area contributed by atoms with Crippen molar-refractivity contribution in [3.8, 4) is 0 Å². The molecule has 0 rings (SSSR count). The number of hydrogen-bond acceptors (Lipinski definition) is 3. The molecule has 0 amide bonds. The largest absolute Gasteiger partial charge is 0.463 e. The van der Waals surface area contributed by atoms with Gasteiger partial charge in [-0.2, -0.15) is 0 Å². The Bertz CT molecular complexity index is 220. The first-order chi connectivity index (χ1) is 6.99. The highest BCUT2D eigenvalue weighted by atomic mass is 16.5. The van der Waals surface area contributed by atoms with Crippen molar-refractivity contribution in [1.29, 1.82) is 0 Å². The quantitative estimate of drug-likeness (QED) is 0.521. The average Bonchev–Trinajstić information content (AvgIpc) is 2.25. The van der Waals surface area contributed by atoms with Gasteiger partial charge in [0, 0.05) is 17.7 Å². The van der Waals surface area contributed by atoms with E-state index in [9.17, 15) is 4.79 Å². The Hall–Kier alpha value is -0.830. The minimum Gasteiger partial charge on any atom is -0.463 e. The van der Waals surface area contributed by atoms with Crippen molar-refractivity contribution in [1.82, 2.24) is 5.32 Å². The SMILES string of the molecule is C=C(CNC(C)(CC)CC)C(=O)OCC. The summed E-state index contributed by atoms with van der Waals surface area (Å²) < 4.78 is 4.86. The van der Waals surface area contributed by atoms with Gasteiger partial charge in [-0.1, -0.05) is 20.4 Å². The van der Waals surface area contributed by atoms with Gasteiger partial charge in [0.2, 0.25) is 0 Å². The molecule has 1 N–H and O–H groups in total. The fraction of sp³-hybridized carbons (Fsp3) is 0.750. The fourth-order valence-electron chi connectivity index (χ4n) is 1.13. The Labute approximate surface area is 92.9 Å². The minimum absolute atomic E-state index is 0.0788. The Balaban J connectivity index is 4.04. The zero-order chi connectivity index (χ0) is 11.9. The third kappa shape index (κ3) is 4.98. The summed E-state index contributed by atoms with van der Waals surface area (Å²) >= 11 is 0. The molecule has 0 aromatic heterocycles. The molecular weight excluding hydrogens is 190 g/mol. The molecule has 0 aliphatic heterocycles. The first-order valence-electron chi connectivity index (χ1n) is 5.59. The highest BCUT2D eigenvalue weighted by Crippen LogP contribution is 2.13. The molecule has 88 valence electrons. The summed E-state index contributed by atoms with van der Waals surface area (Å²) in [5.74, 6) is -0.306. The summed E-state index contributed by atoms with van der Waals surface area (Å²) in [5, 5.41) is 3.33. The lowest BCUT2D eigenvalue weighted by molar-refractivity contribution is -0.138. The lowest BCUT2D eigenvalue weighted by atomic mass is 9.95. The molecule has 0 saturated carbocycles. The molecule has 15 heavy (non-hydrogen) atoms. The topological polar surface area (TPSA) is 38.3 Å². The van der Waals surface area contributed by atoms with Crippen molar-refractivity contribution in [2.75, 3.05) is 13.2 Å². The molecule has 0 spiro atoms. The van der Waals surface area contributed by atoms with Crippen LogP contribution in [0, 0.1) is 0 Å². The number of carbonyl (C=O) groups excluding carboxylic acids is 1. The van der Waals surface area contributed by atoms with E-state index in [4.69, 9.17) is 4.74 Å². The van der Waals surface area contributed by atoms with Crippen LogP contribution in [-0.2, 0) is 9.53 Å². The number of ether oxygens (including phenoxy) is 1. The van der Waals surface area contributed by atoms with Gasteiger partial charge in [-0.15, -0.1) is 0 Å². The molecular formula is C12H23NO2. The molecule has 0 saturated heterocycles. The Morgan fingerprint density at radius 3 is 2.27 bits per heavy atom. The van der Waals surface area contributed by atoms with Gasteiger partial charge >= 0.3 is 5.97 Å². The minimum atomic E-state index is -0.306. The number of esters is 1. The molecule has 0 heterocycles. The van der Waals surface area contributed by atoms with E-state index < -0.39 is 0 Å². The molecule has 0 unspecified atom stereocenters. The van der Waals surface area contributed by atoms with Crippen LogP contribution in [0.15, 0.2) is 12.2 Å². The third-order valence-electron chi connectivity index (χ3n) is 2.85. The van der Waals surface area contributed by atoms with E-state index in [1.165, 1.54) is 0 Å². The van der Waals surface area contributed by atoms with Crippen LogP contribution in [0.5, 0.6) is 0 Å². The van der Waals surface area contributed by atoms with Crippen molar-refractivity contribution < 1.29 is 9.53 Å². The van der Waals surface area contributed by atoms with Crippen molar-refractivity contribution in [3.63, 3.8) is 0 Å². The summed E-state index contributed by atoms with van der Waals surface area (Å²) in [7, 11) is 0. The number of rotatable bonds is 7. The van der Waals surface area contributed by atoms with Gasteiger partial charge in [0.15, 0.2) is 0 Å². The molecule has 0 aromatic rings. The lowest BCUT2D eigenvalue weighted by Crippen LogP contribution is -2.42. The summed E-state index contributed by atoms with van der Waals surface area (Å²) in [5.41, 5.74) is 0.570. The highest BCUT2D eigenvalue weighted by molar-refractivity contribution is 5.88. The Morgan fingerprint density at radius 1 is 1.33 bits per heavy atom. The van der Waals surface area contributed by atoms with Crippen molar-refractivity contribution >= 4 is 5.97 Å². The summed E-state index contributed by atoms with van der Waals surface area (Å²) in [6.45, 7) is 12.8. The van der Waals surface area contributed by atoms with Crippen LogP contribution in [0.2, 0.25) is 0 Å².